The standard InChI is InChI=1S/C60H36/c1-3-17-47-43(13-1)45-15-5-9-21-51(45)59-53-23-11-7-19-49(53)55(35-57(47)59)38-27-25-37(26-28-38)39-29-30-41-34-42(32-31-40(41)33-39)56-36-58-48-18-4-2-14-44(48)46-16-6-10-22-52(46)60(58)54-24-12-8-20-50(54)56/h1-36H. The molecule has 0 atom stereocenters. The highest BCUT2D eigenvalue weighted by molar-refractivity contribution is 6.34. The van der Waals surface area contributed by atoms with E-state index in [9.17, 15) is 0 Å². The maximum absolute atomic E-state index is 2.44. The highest BCUT2D eigenvalue weighted by atomic mass is 14.2. The number of hydrogen-bond donors (Lipinski definition) is 0. The second-order valence-corrected chi connectivity index (χ2v) is 16.3. The predicted octanol–water partition coefficient (Wildman–Crippen LogP) is 17.1. The molecule has 0 heteroatoms. The zero-order chi connectivity index (χ0) is 39.3. The topological polar surface area (TPSA) is 0 Å². The van der Waals surface area contributed by atoms with Crippen molar-refractivity contribution in [3.63, 3.8) is 0 Å². The molecule has 0 heterocycles. The normalized spacial score (nSPS) is 12.0. The van der Waals surface area contributed by atoms with Crippen LogP contribution in [0.15, 0.2) is 218 Å². The van der Waals surface area contributed by atoms with Crippen LogP contribution in [0.3, 0.4) is 0 Å². The molecule has 0 aliphatic heterocycles. The SMILES string of the molecule is c1ccc2c(c1)c(-c1ccc(-c3ccc4cc(-c5cc6c7ccccc7c7ccccc7c6c6ccccc56)ccc4c3)cc1)cc1c3ccccc3c3ccccc3c21. The van der Waals surface area contributed by atoms with Crippen LogP contribution in [-0.4, -0.2) is 0 Å². The highest BCUT2D eigenvalue weighted by Crippen LogP contribution is 2.45. The van der Waals surface area contributed by atoms with Gasteiger partial charge in [-0.2, -0.15) is 0 Å². The van der Waals surface area contributed by atoms with Crippen LogP contribution in [0.2, 0.25) is 0 Å². The van der Waals surface area contributed by atoms with Crippen molar-refractivity contribution in [1.29, 1.82) is 0 Å². The van der Waals surface area contributed by atoms with Crippen molar-refractivity contribution in [3.8, 4) is 33.4 Å². The lowest BCUT2D eigenvalue weighted by molar-refractivity contribution is 1.63. The van der Waals surface area contributed by atoms with Crippen molar-refractivity contribution in [2.75, 3.05) is 0 Å². The molecule has 0 saturated heterocycles. The molecule has 0 radical (unpaired) electrons. The van der Waals surface area contributed by atoms with E-state index in [1.54, 1.807) is 0 Å². The molecule has 0 aromatic heterocycles. The minimum absolute atomic E-state index is 1.21. The summed E-state index contributed by atoms with van der Waals surface area (Å²) in [6.45, 7) is 0. The molecule has 0 aliphatic carbocycles. The van der Waals surface area contributed by atoms with E-state index in [0.29, 0.717) is 0 Å². The first-order chi connectivity index (χ1) is 29.8. The Morgan fingerprint density at radius 3 is 0.900 bits per heavy atom. The molecule has 0 bridgehead atoms. The fraction of sp³-hybridized carbons (Fsp3) is 0. The maximum atomic E-state index is 2.44. The molecule has 60 heavy (non-hydrogen) atoms. The third-order valence-corrected chi connectivity index (χ3v) is 13.2. The van der Waals surface area contributed by atoms with Crippen LogP contribution in [0.1, 0.15) is 0 Å². The molecule has 276 valence electrons. The van der Waals surface area contributed by atoms with Gasteiger partial charge in [0.15, 0.2) is 0 Å². The van der Waals surface area contributed by atoms with E-state index >= 15 is 0 Å². The summed E-state index contributed by atoms with van der Waals surface area (Å²) in [6.07, 6.45) is 0. The minimum Gasteiger partial charge on any atom is -0.0616 e. The van der Waals surface area contributed by atoms with Crippen LogP contribution in [-0.2, 0) is 0 Å². The van der Waals surface area contributed by atoms with Crippen LogP contribution < -0.4 is 0 Å². The monoisotopic (exact) mass is 756 g/mol. The van der Waals surface area contributed by atoms with Crippen molar-refractivity contribution in [1.82, 2.24) is 0 Å². The van der Waals surface area contributed by atoms with Gasteiger partial charge in [-0.05, 0) is 155 Å². The summed E-state index contributed by atoms with van der Waals surface area (Å²) in [5.41, 5.74) is 7.42. The van der Waals surface area contributed by atoms with Gasteiger partial charge in [-0.3, -0.25) is 0 Å². The summed E-state index contributed by atoms with van der Waals surface area (Å²) < 4.78 is 0. The van der Waals surface area contributed by atoms with Crippen molar-refractivity contribution >= 4 is 97.0 Å². The summed E-state index contributed by atoms with van der Waals surface area (Å²) in [5, 5.41) is 23.3. The van der Waals surface area contributed by atoms with E-state index in [2.05, 4.69) is 218 Å². The Hall–Kier alpha value is -7.80. The van der Waals surface area contributed by atoms with Crippen molar-refractivity contribution < 1.29 is 0 Å². The van der Waals surface area contributed by atoms with Gasteiger partial charge in [0.25, 0.3) is 0 Å². The third kappa shape index (κ3) is 4.86. The van der Waals surface area contributed by atoms with Crippen LogP contribution in [0, 0.1) is 0 Å². The molecule has 13 rings (SSSR count). The molecule has 13 aromatic rings. The largest absolute Gasteiger partial charge is 0.0616 e. The first kappa shape index (κ1) is 33.2. The Balaban J connectivity index is 0.916. The average Bonchev–Trinajstić information content (AvgIpc) is 3.33. The Kier molecular flexibility index (Phi) is 7.11. The van der Waals surface area contributed by atoms with E-state index in [-0.39, 0.29) is 0 Å². The summed E-state index contributed by atoms with van der Waals surface area (Å²) in [6, 6.07) is 81.3. The van der Waals surface area contributed by atoms with Gasteiger partial charge in [0.1, 0.15) is 0 Å². The van der Waals surface area contributed by atoms with Crippen molar-refractivity contribution in [2.24, 2.45) is 0 Å². The molecular formula is C60H36. The summed E-state index contributed by atoms with van der Waals surface area (Å²) in [5.74, 6) is 0. The molecule has 0 spiro atoms. The van der Waals surface area contributed by atoms with Gasteiger partial charge in [0.05, 0.1) is 0 Å². The fourth-order valence-electron chi connectivity index (χ4n) is 10.4. The molecule has 0 saturated carbocycles. The van der Waals surface area contributed by atoms with E-state index in [4.69, 9.17) is 0 Å². The van der Waals surface area contributed by atoms with Gasteiger partial charge >= 0.3 is 0 Å². The van der Waals surface area contributed by atoms with Gasteiger partial charge in [-0.1, -0.05) is 194 Å². The van der Waals surface area contributed by atoms with Gasteiger partial charge in [-0.15, -0.1) is 0 Å². The fourth-order valence-corrected chi connectivity index (χ4v) is 10.4. The zero-order valence-electron chi connectivity index (χ0n) is 32.8. The molecule has 13 aromatic carbocycles. The Bertz CT molecular complexity index is 3930. The summed E-state index contributed by atoms with van der Waals surface area (Å²) >= 11 is 0. The first-order valence-electron chi connectivity index (χ1n) is 20.9. The van der Waals surface area contributed by atoms with Gasteiger partial charge < -0.3 is 0 Å². The molecule has 0 aliphatic rings. The molecule has 0 nitrogen and oxygen atoms in total. The van der Waals surface area contributed by atoms with E-state index in [1.165, 1.54) is 130 Å². The van der Waals surface area contributed by atoms with Crippen molar-refractivity contribution in [2.45, 2.75) is 0 Å². The predicted molar refractivity (Wildman–Crippen MR) is 260 cm³/mol. The first-order valence-corrected chi connectivity index (χ1v) is 20.9. The van der Waals surface area contributed by atoms with Crippen molar-refractivity contribution in [3.05, 3.63) is 218 Å². The highest BCUT2D eigenvalue weighted by Gasteiger charge is 2.17. The van der Waals surface area contributed by atoms with Crippen LogP contribution in [0.25, 0.3) is 130 Å². The number of benzene rings is 13. The quantitative estimate of drug-likeness (QED) is 0.158. The van der Waals surface area contributed by atoms with Gasteiger partial charge in [0, 0.05) is 0 Å². The van der Waals surface area contributed by atoms with E-state index in [1.807, 2.05) is 0 Å². The molecule has 0 N–H and O–H groups in total. The van der Waals surface area contributed by atoms with Gasteiger partial charge in [0.2, 0.25) is 0 Å². The molecule has 0 fully saturated rings. The lowest BCUT2D eigenvalue weighted by atomic mass is 9.87. The Labute approximate surface area is 347 Å². The second-order valence-electron chi connectivity index (χ2n) is 16.3. The molecule has 0 amide bonds. The molecule has 0 unspecified atom stereocenters. The van der Waals surface area contributed by atoms with Crippen LogP contribution >= 0.6 is 0 Å². The van der Waals surface area contributed by atoms with Crippen LogP contribution in [0.4, 0.5) is 0 Å². The maximum Gasteiger partial charge on any atom is -0.00199 e. The Morgan fingerprint density at radius 1 is 0.167 bits per heavy atom. The number of fused-ring (bicyclic) bond motifs is 17. The number of hydrogen-bond acceptors (Lipinski definition) is 0. The molecular weight excluding hydrogens is 721 g/mol. The minimum atomic E-state index is 1.21. The summed E-state index contributed by atoms with van der Waals surface area (Å²) in [4.78, 5) is 0. The van der Waals surface area contributed by atoms with Crippen LogP contribution in [0.5, 0.6) is 0 Å². The second kappa shape index (κ2) is 12.9. The third-order valence-electron chi connectivity index (χ3n) is 13.2. The average molecular weight is 757 g/mol. The Morgan fingerprint density at radius 2 is 0.450 bits per heavy atom. The van der Waals surface area contributed by atoms with E-state index < -0.39 is 0 Å². The van der Waals surface area contributed by atoms with E-state index in [0.717, 1.165) is 0 Å². The smallest absolute Gasteiger partial charge is 0.00199 e. The zero-order valence-corrected chi connectivity index (χ0v) is 32.8. The lowest BCUT2D eigenvalue weighted by Crippen LogP contribution is -1.89. The van der Waals surface area contributed by atoms with Gasteiger partial charge in [-0.25, -0.2) is 0 Å². The number of rotatable bonds is 3. The summed E-state index contributed by atoms with van der Waals surface area (Å²) in [7, 11) is 0. The lowest BCUT2D eigenvalue weighted by Gasteiger charge is -2.16.